The highest BCUT2D eigenvalue weighted by atomic mass is 16.5. The second-order valence-corrected chi connectivity index (χ2v) is 6.12. The smallest absolute Gasteiger partial charge is 0.305 e. The standard InChI is InChI=1S/C19H36O4/c1-3-16-22-18(20)14-12-10-8-6-5-7-9-11-13-15-19(21)23-17-4-2/h3-17H2,1-2H3. The number of carbonyl (C=O) groups excluding carboxylic acids is 2. The van der Waals surface area contributed by atoms with Crippen LogP contribution < -0.4 is 0 Å². The molecule has 0 heterocycles. The molecule has 4 heteroatoms. The van der Waals surface area contributed by atoms with Gasteiger partial charge in [0, 0.05) is 12.8 Å². The molecule has 0 aromatic rings. The third kappa shape index (κ3) is 17.1. The Morgan fingerprint density at radius 2 is 0.870 bits per heavy atom. The van der Waals surface area contributed by atoms with Crippen molar-refractivity contribution in [2.24, 2.45) is 0 Å². The van der Waals surface area contributed by atoms with Crippen molar-refractivity contribution >= 4 is 11.9 Å². The number of hydrogen-bond acceptors (Lipinski definition) is 4. The third-order valence-corrected chi connectivity index (χ3v) is 3.70. The first kappa shape index (κ1) is 21.9. The number of hydrogen-bond donors (Lipinski definition) is 0. The van der Waals surface area contributed by atoms with Crippen LogP contribution in [-0.4, -0.2) is 25.2 Å². The topological polar surface area (TPSA) is 52.6 Å². The van der Waals surface area contributed by atoms with E-state index in [0.717, 1.165) is 38.5 Å². The molecule has 0 aliphatic heterocycles. The minimum atomic E-state index is -0.0516. The van der Waals surface area contributed by atoms with E-state index in [9.17, 15) is 9.59 Å². The Morgan fingerprint density at radius 1 is 0.565 bits per heavy atom. The van der Waals surface area contributed by atoms with Gasteiger partial charge in [0.2, 0.25) is 0 Å². The highest BCUT2D eigenvalue weighted by molar-refractivity contribution is 5.69. The molecule has 0 bridgehead atoms. The van der Waals surface area contributed by atoms with Crippen molar-refractivity contribution in [2.45, 2.75) is 97.3 Å². The van der Waals surface area contributed by atoms with Gasteiger partial charge in [-0.3, -0.25) is 9.59 Å². The molecule has 0 aromatic heterocycles. The van der Waals surface area contributed by atoms with E-state index in [0.29, 0.717) is 26.1 Å². The van der Waals surface area contributed by atoms with Crippen LogP contribution in [-0.2, 0) is 19.1 Å². The average molecular weight is 328 g/mol. The summed E-state index contributed by atoms with van der Waals surface area (Å²) < 4.78 is 10.1. The maximum atomic E-state index is 11.3. The number of unbranched alkanes of at least 4 members (excludes halogenated alkanes) is 8. The molecule has 0 saturated carbocycles. The Bertz CT molecular complexity index is 261. The van der Waals surface area contributed by atoms with Gasteiger partial charge in [0.15, 0.2) is 0 Å². The van der Waals surface area contributed by atoms with Gasteiger partial charge in [0.25, 0.3) is 0 Å². The lowest BCUT2D eigenvalue weighted by atomic mass is 10.1. The van der Waals surface area contributed by atoms with Gasteiger partial charge >= 0.3 is 11.9 Å². The fraction of sp³-hybridized carbons (Fsp3) is 0.895. The highest BCUT2D eigenvalue weighted by Crippen LogP contribution is 2.12. The van der Waals surface area contributed by atoms with Crippen molar-refractivity contribution in [3.8, 4) is 0 Å². The Labute approximate surface area is 142 Å². The highest BCUT2D eigenvalue weighted by Gasteiger charge is 2.02. The van der Waals surface area contributed by atoms with Gasteiger partial charge in [0.1, 0.15) is 0 Å². The molecule has 0 fully saturated rings. The third-order valence-electron chi connectivity index (χ3n) is 3.70. The Morgan fingerprint density at radius 3 is 1.17 bits per heavy atom. The summed E-state index contributed by atoms with van der Waals surface area (Å²) >= 11 is 0. The van der Waals surface area contributed by atoms with Gasteiger partial charge in [0.05, 0.1) is 13.2 Å². The van der Waals surface area contributed by atoms with E-state index >= 15 is 0 Å². The predicted molar refractivity (Wildman–Crippen MR) is 93.3 cm³/mol. The summed E-state index contributed by atoms with van der Waals surface area (Å²) in [4.78, 5) is 22.6. The lowest BCUT2D eigenvalue weighted by Gasteiger charge is -2.04. The Hall–Kier alpha value is -1.06. The molecule has 0 aliphatic carbocycles. The first-order chi connectivity index (χ1) is 11.2. The van der Waals surface area contributed by atoms with Crippen LogP contribution in [0.5, 0.6) is 0 Å². The van der Waals surface area contributed by atoms with Crippen molar-refractivity contribution in [1.29, 1.82) is 0 Å². The van der Waals surface area contributed by atoms with E-state index in [1.165, 1.54) is 32.1 Å². The molecule has 0 radical (unpaired) electrons. The predicted octanol–water partition coefficient (Wildman–Crippen LogP) is 5.18. The molecule has 23 heavy (non-hydrogen) atoms. The zero-order valence-corrected chi connectivity index (χ0v) is 15.2. The van der Waals surface area contributed by atoms with Crippen LogP contribution in [0.2, 0.25) is 0 Å². The Kier molecular flexibility index (Phi) is 16.5. The van der Waals surface area contributed by atoms with Crippen molar-refractivity contribution in [3.05, 3.63) is 0 Å². The molecular weight excluding hydrogens is 292 g/mol. The van der Waals surface area contributed by atoms with Crippen molar-refractivity contribution < 1.29 is 19.1 Å². The molecule has 0 spiro atoms. The Balaban J connectivity index is 3.16. The molecular formula is C19H36O4. The van der Waals surface area contributed by atoms with E-state index in [4.69, 9.17) is 9.47 Å². The summed E-state index contributed by atoms with van der Waals surface area (Å²) in [6.45, 7) is 5.11. The van der Waals surface area contributed by atoms with E-state index in [2.05, 4.69) is 0 Å². The minimum absolute atomic E-state index is 0.0516. The normalized spacial score (nSPS) is 10.5. The monoisotopic (exact) mass is 328 g/mol. The summed E-state index contributed by atoms with van der Waals surface area (Å²) in [5, 5.41) is 0. The average Bonchev–Trinajstić information content (AvgIpc) is 2.55. The summed E-state index contributed by atoms with van der Waals surface area (Å²) in [5.41, 5.74) is 0. The van der Waals surface area contributed by atoms with Gasteiger partial charge in [-0.25, -0.2) is 0 Å². The zero-order valence-electron chi connectivity index (χ0n) is 15.2. The van der Waals surface area contributed by atoms with Gasteiger partial charge in [-0.2, -0.15) is 0 Å². The fourth-order valence-electron chi connectivity index (χ4n) is 2.35. The largest absolute Gasteiger partial charge is 0.466 e. The number of ether oxygens (including phenoxy) is 2. The number of esters is 2. The van der Waals surface area contributed by atoms with Gasteiger partial charge in [-0.1, -0.05) is 58.8 Å². The number of carbonyl (C=O) groups is 2. The van der Waals surface area contributed by atoms with Gasteiger partial charge in [-0.05, 0) is 25.7 Å². The summed E-state index contributed by atoms with van der Waals surface area (Å²) in [6.07, 6.45) is 13.2. The van der Waals surface area contributed by atoms with Gasteiger partial charge < -0.3 is 9.47 Å². The van der Waals surface area contributed by atoms with Crippen molar-refractivity contribution in [2.75, 3.05) is 13.2 Å². The van der Waals surface area contributed by atoms with Crippen molar-refractivity contribution in [3.63, 3.8) is 0 Å². The fourth-order valence-corrected chi connectivity index (χ4v) is 2.35. The summed E-state index contributed by atoms with van der Waals surface area (Å²) in [7, 11) is 0. The molecule has 0 rings (SSSR count). The summed E-state index contributed by atoms with van der Waals surface area (Å²) in [5.74, 6) is -0.103. The van der Waals surface area contributed by atoms with Crippen LogP contribution >= 0.6 is 0 Å². The lowest BCUT2D eigenvalue weighted by molar-refractivity contribution is -0.144. The second-order valence-electron chi connectivity index (χ2n) is 6.12. The van der Waals surface area contributed by atoms with Crippen LogP contribution in [0.4, 0.5) is 0 Å². The summed E-state index contributed by atoms with van der Waals surface area (Å²) in [6, 6.07) is 0. The van der Waals surface area contributed by atoms with Crippen LogP contribution in [0.15, 0.2) is 0 Å². The SMILES string of the molecule is CCCOC(=O)CCCCCCCCCCCC(=O)OCCC. The second kappa shape index (κ2) is 17.3. The van der Waals surface area contributed by atoms with E-state index in [1.807, 2.05) is 13.8 Å². The van der Waals surface area contributed by atoms with Crippen LogP contribution in [0, 0.1) is 0 Å². The quantitative estimate of drug-likeness (QED) is 0.289. The molecule has 0 N–H and O–H groups in total. The maximum absolute atomic E-state index is 11.3. The minimum Gasteiger partial charge on any atom is -0.466 e. The van der Waals surface area contributed by atoms with E-state index < -0.39 is 0 Å². The van der Waals surface area contributed by atoms with E-state index in [-0.39, 0.29) is 11.9 Å². The molecule has 0 aliphatic rings. The van der Waals surface area contributed by atoms with Crippen molar-refractivity contribution in [1.82, 2.24) is 0 Å². The molecule has 0 amide bonds. The zero-order chi connectivity index (χ0) is 17.2. The first-order valence-corrected chi connectivity index (χ1v) is 9.52. The van der Waals surface area contributed by atoms with Crippen LogP contribution in [0.3, 0.4) is 0 Å². The first-order valence-electron chi connectivity index (χ1n) is 9.52. The lowest BCUT2D eigenvalue weighted by Crippen LogP contribution is -2.04. The molecule has 0 aromatic carbocycles. The molecule has 0 saturated heterocycles. The number of rotatable bonds is 16. The molecule has 136 valence electrons. The molecule has 0 unspecified atom stereocenters. The van der Waals surface area contributed by atoms with E-state index in [1.54, 1.807) is 0 Å². The molecule has 0 atom stereocenters. The van der Waals surface area contributed by atoms with Gasteiger partial charge in [-0.15, -0.1) is 0 Å². The van der Waals surface area contributed by atoms with Crippen LogP contribution in [0.1, 0.15) is 97.3 Å². The van der Waals surface area contributed by atoms with Crippen LogP contribution in [0.25, 0.3) is 0 Å². The molecule has 4 nitrogen and oxygen atoms in total. The maximum Gasteiger partial charge on any atom is 0.305 e.